The van der Waals surface area contributed by atoms with E-state index in [-0.39, 0.29) is 5.91 Å². The van der Waals surface area contributed by atoms with Crippen molar-refractivity contribution in [2.24, 2.45) is 11.7 Å². The molecule has 0 aliphatic heterocycles. The summed E-state index contributed by atoms with van der Waals surface area (Å²) in [5, 5.41) is 3.37. The summed E-state index contributed by atoms with van der Waals surface area (Å²) in [7, 11) is 2.03. The van der Waals surface area contributed by atoms with Crippen LogP contribution in [0.15, 0.2) is 18.2 Å². The quantitative estimate of drug-likeness (QED) is 0.807. The highest BCUT2D eigenvalue weighted by Crippen LogP contribution is 2.40. The summed E-state index contributed by atoms with van der Waals surface area (Å²) >= 11 is 0. The number of likely N-dealkylation sites (N-methyl/N-ethyl adjacent to an activating group) is 2. The molecule has 1 aromatic carbocycles. The monoisotopic (exact) mass is 289 g/mol. The molecule has 3 N–H and O–H groups in total. The number of nitrogens with zero attached hydrogens (tertiary/aromatic N) is 1. The number of amides is 1. The number of primary amides is 1. The Labute approximate surface area is 127 Å². The lowest BCUT2D eigenvalue weighted by Crippen LogP contribution is -2.63. The van der Waals surface area contributed by atoms with Gasteiger partial charge < -0.3 is 16.0 Å². The molecule has 1 aliphatic rings. The Balaban J connectivity index is 2.25. The number of nitrogens with two attached hydrogens (primary N) is 1. The van der Waals surface area contributed by atoms with Crippen LogP contribution in [0.3, 0.4) is 0 Å². The van der Waals surface area contributed by atoms with Crippen molar-refractivity contribution in [1.29, 1.82) is 0 Å². The molecule has 4 heteroatoms. The molecule has 1 aromatic rings. The van der Waals surface area contributed by atoms with Gasteiger partial charge in [-0.25, -0.2) is 0 Å². The lowest BCUT2D eigenvalue weighted by molar-refractivity contribution is -0.124. The third-order valence-corrected chi connectivity index (χ3v) is 4.34. The molecule has 0 heterocycles. The summed E-state index contributed by atoms with van der Waals surface area (Å²) in [6, 6.07) is 6.46. The van der Waals surface area contributed by atoms with Crippen molar-refractivity contribution < 1.29 is 4.79 Å². The summed E-state index contributed by atoms with van der Waals surface area (Å²) in [5.74, 6) is 0.131. The molecule has 1 fully saturated rings. The van der Waals surface area contributed by atoms with E-state index in [1.165, 1.54) is 11.1 Å². The fraction of sp³-hybridized carbons (Fsp3) is 0.588. The predicted octanol–water partition coefficient (Wildman–Crippen LogP) is 1.98. The number of carbonyl (C=O) groups is 1. The minimum absolute atomic E-state index is 0.233. The number of anilines is 1. The maximum absolute atomic E-state index is 12.1. The molecule has 1 atom stereocenters. The first-order valence-corrected chi connectivity index (χ1v) is 7.73. The normalized spacial score (nSPS) is 17.3. The zero-order chi connectivity index (χ0) is 15.6. The highest BCUT2D eigenvalue weighted by Gasteiger charge is 2.50. The van der Waals surface area contributed by atoms with Gasteiger partial charge in [-0.2, -0.15) is 0 Å². The van der Waals surface area contributed by atoms with Crippen molar-refractivity contribution in [2.75, 3.05) is 25.0 Å². The van der Waals surface area contributed by atoms with Crippen molar-refractivity contribution in [1.82, 2.24) is 5.32 Å². The van der Waals surface area contributed by atoms with Crippen LogP contribution in [-0.4, -0.2) is 31.6 Å². The molecule has 0 aromatic heterocycles. The van der Waals surface area contributed by atoms with E-state index in [1.54, 1.807) is 0 Å². The molecule has 21 heavy (non-hydrogen) atoms. The summed E-state index contributed by atoms with van der Waals surface area (Å²) in [5.41, 5.74) is 8.75. The first kappa shape index (κ1) is 15.8. The molecule has 1 saturated carbocycles. The standard InChI is InChI=1S/C17H27N3O/c1-5-19-17(16(18)21,14-6-7-14)11-20(4)15-9-12(2)8-13(3)10-15/h8-10,14,19H,5-7,11H2,1-4H3,(H2,18,21). The van der Waals surface area contributed by atoms with E-state index in [4.69, 9.17) is 5.73 Å². The van der Waals surface area contributed by atoms with Crippen LogP contribution in [0.25, 0.3) is 0 Å². The third kappa shape index (κ3) is 3.38. The second-order valence-electron chi connectivity index (χ2n) is 6.34. The number of benzene rings is 1. The molecule has 1 aliphatic carbocycles. The smallest absolute Gasteiger partial charge is 0.239 e. The average molecular weight is 289 g/mol. The van der Waals surface area contributed by atoms with Gasteiger partial charge in [0.1, 0.15) is 5.54 Å². The minimum atomic E-state index is -0.610. The lowest BCUT2D eigenvalue weighted by Gasteiger charge is -2.36. The fourth-order valence-corrected chi connectivity index (χ4v) is 3.22. The number of hydrogen-bond acceptors (Lipinski definition) is 3. The predicted molar refractivity (Wildman–Crippen MR) is 87.5 cm³/mol. The largest absolute Gasteiger partial charge is 0.372 e. The van der Waals surface area contributed by atoms with Gasteiger partial charge in [0.2, 0.25) is 5.91 Å². The number of hydrogen-bond donors (Lipinski definition) is 2. The van der Waals surface area contributed by atoms with Crippen LogP contribution in [-0.2, 0) is 4.79 Å². The molecule has 0 saturated heterocycles. The van der Waals surface area contributed by atoms with E-state index in [9.17, 15) is 4.79 Å². The van der Waals surface area contributed by atoms with Gasteiger partial charge in [-0.3, -0.25) is 4.79 Å². The van der Waals surface area contributed by atoms with Gasteiger partial charge in [-0.05, 0) is 62.4 Å². The molecule has 0 bridgehead atoms. The second-order valence-corrected chi connectivity index (χ2v) is 6.34. The van der Waals surface area contributed by atoms with Gasteiger partial charge in [-0.1, -0.05) is 13.0 Å². The van der Waals surface area contributed by atoms with Crippen LogP contribution in [0.1, 0.15) is 30.9 Å². The summed E-state index contributed by atoms with van der Waals surface area (Å²) in [6.07, 6.45) is 2.16. The van der Waals surface area contributed by atoms with Crippen molar-refractivity contribution in [3.05, 3.63) is 29.3 Å². The van der Waals surface area contributed by atoms with Gasteiger partial charge in [0, 0.05) is 19.3 Å². The Bertz CT molecular complexity index is 505. The number of nitrogens with one attached hydrogen (secondary N) is 1. The van der Waals surface area contributed by atoms with Crippen LogP contribution in [0.2, 0.25) is 0 Å². The third-order valence-electron chi connectivity index (χ3n) is 4.34. The zero-order valence-electron chi connectivity index (χ0n) is 13.6. The Morgan fingerprint density at radius 1 is 1.33 bits per heavy atom. The Morgan fingerprint density at radius 3 is 2.33 bits per heavy atom. The first-order chi connectivity index (χ1) is 9.89. The van der Waals surface area contributed by atoms with Crippen LogP contribution in [0.5, 0.6) is 0 Å². The second kappa shape index (κ2) is 6.06. The summed E-state index contributed by atoms with van der Waals surface area (Å²) < 4.78 is 0. The van der Waals surface area contributed by atoms with Crippen LogP contribution in [0, 0.1) is 19.8 Å². The maximum atomic E-state index is 12.1. The van der Waals surface area contributed by atoms with Crippen LogP contribution >= 0.6 is 0 Å². The van der Waals surface area contributed by atoms with Gasteiger partial charge >= 0.3 is 0 Å². The fourth-order valence-electron chi connectivity index (χ4n) is 3.22. The van der Waals surface area contributed by atoms with E-state index in [2.05, 4.69) is 42.3 Å². The summed E-state index contributed by atoms with van der Waals surface area (Å²) in [6.45, 7) is 7.58. The SMILES string of the molecule is CCNC(CN(C)c1cc(C)cc(C)c1)(C(N)=O)C1CC1. The van der Waals surface area contributed by atoms with Gasteiger partial charge in [0.25, 0.3) is 0 Å². The lowest BCUT2D eigenvalue weighted by atomic mass is 9.91. The summed E-state index contributed by atoms with van der Waals surface area (Å²) in [4.78, 5) is 14.3. The Hall–Kier alpha value is -1.55. The van der Waals surface area contributed by atoms with Crippen molar-refractivity contribution in [3.63, 3.8) is 0 Å². The molecule has 0 radical (unpaired) electrons. The van der Waals surface area contributed by atoms with E-state index >= 15 is 0 Å². The van der Waals surface area contributed by atoms with Gasteiger partial charge in [-0.15, -0.1) is 0 Å². The Morgan fingerprint density at radius 2 is 1.90 bits per heavy atom. The van der Waals surface area contributed by atoms with Gasteiger partial charge in [0.05, 0.1) is 0 Å². The van der Waals surface area contributed by atoms with Crippen molar-refractivity contribution in [2.45, 2.75) is 39.2 Å². The molecular weight excluding hydrogens is 262 g/mol. The molecule has 2 rings (SSSR count). The molecule has 0 spiro atoms. The highest BCUT2D eigenvalue weighted by atomic mass is 16.1. The molecular formula is C17H27N3O. The van der Waals surface area contributed by atoms with Crippen molar-refractivity contribution >= 4 is 11.6 Å². The van der Waals surface area contributed by atoms with E-state index in [0.29, 0.717) is 12.5 Å². The van der Waals surface area contributed by atoms with E-state index < -0.39 is 5.54 Å². The van der Waals surface area contributed by atoms with Crippen molar-refractivity contribution in [3.8, 4) is 0 Å². The number of aryl methyl sites for hydroxylation is 2. The van der Waals surface area contributed by atoms with Crippen LogP contribution in [0.4, 0.5) is 5.69 Å². The highest BCUT2D eigenvalue weighted by molar-refractivity contribution is 5.86. The topological polar surface area (TPSA) is 58.4 Å². The Kier molecular flexibility index (Phi) is 4.57. The molecule has 1 amide bonds. The number of carbonyl (C=O) groups excluding carboxylic acids is 1. The number of rotatable bonds is 7. The zero-order valence-corrected chi connectivity index (χ0v) is 13.6. The van der Waals surface area contributed by atoms with E-state index in [1.807, 2.05) is 14.0 Å². The average Bonchev–Trinajstić information content (AvgIpc) is 3.21. The minimum Gasteiger partial charge on any atom is -0.372 e. The molecule has 116 valence electrons. The molecule has 1 unspecified atom stereocenters. The first-order valence-electron chi connectivity index (χ1n) is 7.73. The molecule has 4 nitrogen and oxygen atoms in total. The van der Waals surface area contributed by atoms with Gasteiger partial charge in [0.15, 0.2) is 0 Å². The van der Waals surface area contributed by atoms with E-state index in [0.717, 1.165) is 25.1 Å². The maximum Gasteiger partial charge on any atom is 0.239 e. The van der Waals surface area contributed by atoms with Crippen LogP contribution < -0.4 is 16.0 Å².